The number of benzene rings is 2. The average Bonchev–Trinajstić information content (AvgIpc) is 3.02. The molecule has 1 heterocycles. The zero-order valence-corrected chi connectivity index (χ0v) is 19.0. The molecule has 0 saturated heterocycles. The number of rotatable bonds is 9. The van der Waals surface area contributed by atoms with Crippen molar-refractivity contribution in [3.8, 4) is 0 Å². The highest BCUT2D eigenvalue weighted by atomic mass is 19.1. The number of esters is 1. The minimum atomic E-state index is -1.39. The maximum Gasteiger partial charge on any atom is 0.330 e. The first kappa shape index (κ1) is 25.5. The third-order valence-corrected chi connectivity index (χ3v) is 5.19. The summed E-state index contributed by atoms with van der Waals surface area (Å²) >= 11 is 0. The summed E-state index contributed by atoms with van der Waals surface area (Å²) in [6, 6.07) is 6.27. The van der Waals surface area contributed by atoms with Crippen LogP contribution in [0.25, 0.3) is 0 Å². The minimum Gasteiger partial charge on any atom is -0.464 e. The van der Waals surface area contributed by atoms with Crippen LogP contribution in [0.1, 0.15) is 40.1 Å². The molecule has 1 aliphatic heterocycles. The first-order valence-electron chi connectivity index (χ1n) is 10.8. The van der Waals surface area contributed by atoms with Crippen molar-refractivity contribution in [2.75, 3.05) is 13.2 Å². The highest BCUT2D eigenvalue weighted by Gasteiger charge is 2.39. The predicted molar refractivity (Wildman–Crippen MR) is 118 cm³/mol. The number of nitrogens with zero attached hydrogens (tertiary/aromatic N) is 1. The molecule has 0 radical (unpaired) electrons. The Hall–Kier alpha value is -4.15. The van der Waals surface area contributed by atoms with Gasteiger partial charge in [-0.05, 0) is 43.7 Å². The summed E-state index contributed by atoms with van der Waals surface area (Å²) < 4.78 is 31.6. The van der Waals surface area contributed by atoms with E-state index in [-0.39, 0.29) is 29.7 Å². The second-order valence-electron chi connectivity index (χ2n) is 7.82. The van der Waals surface area contributed by atoms with Gasteiger partial charge in [0, 0.05) is 6.07 Å². The smallest absolute Gasteiger partial charge is 0.330 e. The van der Waals surface area contributed by atoms with Gasteiger partial charge in [-0.3, -0.25) is 24.1 Å². The van der Waals surface area contributed by atoms with Gasteiger partial charge in [-0.15, -0.1) is 0 Å². The first-order valence-corrected chi connectivity index (χ1v) is 10.8. The number of carbonyl (C=O) groups excluding carboxylic acids is 5. The number of fused-ring (bicyclic) bond motifs is 1. The molecule has 2 aromatic carbocycles. The molecule has 2 atom stereocenters. The van der Waals surface area contributed by atoms with Crippen LogP contribution in [-0.2, 0) is 25.5 Å². The molecule has 0 aliphatic carbocycles. The number of carbonyl (C=O) groups is 5. The number of nitrogens with one attached hydrogen (secondary N) is 2. The van der Waals surface area contributed by atoms with Gasteiger partial charge in [-0.25, -0.2) is 13.6 Å². The van der Waals surface area contributed by atoms with Crippen molar-refractivity contribution in [2.45, 2.75) is 32.4 Å². The summed E-state index contributed by atoms with van der Waals surface area (Å²) in [5, 5.41) is 4.76. The largest absolute Gasteiger partial charge is 0.464 e. The molecule has 9 nitrogen and oxygen atoms in total. The molecule has 11 heteroatoms. The standard InChI is InChI=1S/C24H23F2N3O6/c1-3-35-24(34)19(12-29-22(32)17-6-4-5-7-18(17)23(29)33)28-21(31)13(2)27-20(30)10-14-8-15(25)11-16(26)9-14/h4-9,11,13,19H,3,10,12H2,1-2H3,(H,27,30)(H,28,31)/t13-,19?/m0/s1. The van der Waals surface area contributed by atoms with E-state index in [0.29, 0.717) is 6.07 Å². The van der Waals surface area contributed by atoms with E-state index in [9.17, 15) is 32.8 Å². The molecule has 0 aromatic heterocycles. The van der Waals surface area contributed by atoms with Crippen LogP contribution in [0.4, 0.5) is 8.78 Å². The highest BCUT2D eigenvalue weighted by Crippen LogP contribution is 2.22. The average molecular weight is 487 g/mol. The summed E-state index contributed by atoms with van der Waals surface area (Å²) in [5.74, 6) is -5.26. The zero-order chi connectivity index (χ0) is 25.7. The first-order chi connectivity index (χ1) is 16.6. The number of ether oxygens (including phenoxy) is 1. The summed E-state index contributed by atoms with van der Waals surface area (Å²) in [5.41, 5.74) is 0.435. The van der Waals surface area contributed by atoms with Crippen LogP contribution in [-0.4, -0.2) is 59.7 Å². The van der Waals surface area contributed by atoms with Gasteiger partial charge < -0.3 is 15.4 Å². The Morgan fingerprint density at radius 2 is 1.54 bits per heavy atom. The van der Waals surface area contributed by atoms with Crippen LogP contribution in [0.3, 0.4) is 0 Å². The van der Waals surface area contributed by atoms with Crippen LogP contribution in [0.15, 0.2) is 42.5 Å². The Morgan fingerprint density at radius 3 is 2.09 bits per heavy atom. The molecule has 0 bridgehead atoms. The quantitative estimate of drug-likeness (QED) is 0.407. The molecule has 1 aliphatic rings. The van der Waals surface area contributed by atoms with E-state index < -0.39 is 59.9 Å². The van der Waals surface area contributed by atoms with Crippen molar-refractivity contribution in [2.24, 2.45) is 0 Å². The lowest BCUT2D eigenvalue weighted by atomic mass is 10.1. The maximum absolute atomic E-state index is 13.3. The molecule has 184 valence electrons. The summed E-state index contributed by atoms with van der Waals surface area (Å²) in [7, 11) is 0. The molecule has 0 saturated carbocycles. The van der Waals surface area contributed by atoms with Crippen LogP contribution in [0, 0.1) is 11.6 Å². The van der Waals surface area contributed by atoms with E-state index in [0.717, 1.165) is 17.0 Å². The van der Waals surface area contributed by atoms with Gasteiger partial charge >= 0.3 is 5.97 Å². The number of hydrogen-bond donors (Lipinski definition) is 2. The minimum absolute atomic E-state index is 0.0101. The van der Waals surface area contributed by atoms with E-state index in [1.54, 1.807) is 19.1 Å². The fourth-order valence-corrected chi connectivity index (χ4v) is 3.56. The lowest BCUT2D eigenvalue weighted by molar-refractivity contribution is -0.147. The number of amides is 4. The Labute approximate surface area is 199 Å². The molecule has 1 unspecified atom stereocenters. The third kappa shape index (κ3) is 6.05. The molecule has 2 aromatic rings. The molecule has 0 fully saturated rings. The zero-order valence-electron chi connectivity index (χ0n) is 19.0. The summed E-state index contributed by atoms with van der Waals surface area (Å²) in [6.07, 6.45) is -0.386. The van der Waals surface area contributed by atoms with Crippen LogP contribution < -0.4 is 10.6 Å². The summed E-state index contributed by atoms with van der Waals surface area (Å²) in [4.78, 5) is 63.5. The van der Waals surface area contributed by atoms with Gasteiger partial charge in [0.15, 0.2) is 0 Å². The second kappa shape index (κ2) is 10.9. The maximum atomic E-state index is 13.3. The van der Waals surface area contributed by atoms with Crippen molar-refractivity contribution in [1.82, 2.24) is 15.5 Å². The second-order valence-corrected chi connectivity index (χ2v) is 7.82. The Morgan fingerprint density at radius 1 is 0.971 bits per heavy atom. The monoisotopic (exact) mass is 487 g/mol. The molecule has 2 N–H and O–H groups in total. The van der Waals surface area contributed by atoms with E-state index in [4.69, 9.17) is 4.74 Å². The molecular formula is C24H23F2N3O6. The van der Waals surface area contributed by atoms with Gasteiger partial charge in [0.05, 0.1) is 30.7 Å². The highest BCUT2D eigenvalue weighted by molar-refractivity contribution is 6.21. The van der Waals surface area contributed by atoms with E-state index in [1.165, 1.54) is 19.1 Å². The van der Waals surface area contributed by atoms with Gasteiger partial charge in [-0.1, -0.05) is 12.1 Å². The van der Waals surface area contributed by atoms with E-state index in [2.05, 4.69) is 10.6 Å². The van der Waals surface area contributed by atoms with Gasteiger partial charge in [0.25, 0.3) is 11.8 Å². The Balaban J connectivity index is 1.66. The lowest BCUT2D eigenvalue weighted by Crippen LogP contribution is -2.55. The van der Waals surface area contributed by atoms with Crippen molar-refractivity contribution >= 4 is 29.6 Å². The topological polar surface area (TPSA) is 122 Å². The molecule has 0 spiro atoms. The van der Waals surface area contributed by atoms with Crippen molar-refractivity contribution in [3.63, 3.8) is 0 Å². The van der Waals surface area contributed by atoms with Crippen LogP contribution >= 0.6 is 0 Å². The van der Waals surface area contributed by atoms with Crippen molar-refractivity contribution < 1.29 is 37.5 Å². The molecule has 35 heavy (non-hydrogen) atoms. The van der Waals surface area contributed by atoms with Gasteiger partial charge in [0.2, 0.25) is 11.8 Å². The predicted octanol–water partition coefficient (Wildman–Crippen LogP) is 1.36. The SMILES string of the molecule is CCOC(=O)C(CN1C(=O)c2ccccc2C1=O)NC(=O)[C@H](C)NC(=O)Cc1cc(F)cc(F)c1. The van der Waals surface area contributed by atoms with E-state index >= 15 is 0 Å². The Kier molecular flexibility index (Phi) is 7.90. The van der Waals surface area contributed by atoms with Crippen molar-refractivity contribution in [3.05, 3.63) is 70.8 Å². The lowest BCUT2D eigenvalue weighted by Gasteiger charge is -2.24. The van der Waals surface area contributed by atoms with Gasteiger partial charge in [0.1, 0.15) is 23.7 Å². The van der Waals surface area contributed by atoms with Crippen molar-refractivity contribution in [1.29, 1.82) is 0 Å². The molecule has 3 rings (SSSR count). The molecular weight excluding hydrogens is 464 g/mol. The number of hydrogen-bond acceptors (Lipinski definition) is 6. The normalized spacial score (nSPS) is 14.2. The van der Waals surface area contributed by atoms with Crippen LogP contribution in [0.2, 0.25) is 0 Å². The third-order valence-electron chi connectivity index (χ3n) is 5.19. The number of imide groups is 1. The number of halogens is 2. The summed E-state index contributed by atoms with van der Waals surface area (Å²) in [6.45, 7) is 2.41. The fraction of sp³-hybridized carbons (Fsp3) is 0.292. The fourth-order valence-electron chi connectivity index (χ4n) is 3.56. The van der Waals surface area contributed by atoms with Crippen LogP contribution in [0.5, 0.6) is 0 Å². The Bertz CT molecular complexity index is 1130. The van der Waals surface area contributed by atoms with Gasteiger partial charge in [-0.2, -0.15) is 0 Å². The van der Waals surface area contributed by atoms with E-state index in [1.807, 2.05) is 0 Å². The molecule has 4 amide bonds.